The lowest BCUT2D eigenvalue weighted by Gasteiger charge is -2.32. The summed E-state index contributed by atoms with van der Waals surface area (Å²) in [6.07, 6.45) is 0.943. The largest absolute Gasteiger partial charge is 0.480 e. The highest BCUT2D eigenvalue weighted by Gasteiger charge is 2.32. The molecule has 0 bridgehead atoms. The molecule has 1 aliphatic rings. The van der Waals surface area contributed by atoms with E-state index in [0.29, 0.717) is 13.2 Å². The van der Waals surface area contributed by atoms with Crippen molar-refractivity contribution >= 4 is 11.9 Å². The summed E-state index contributed by atoms with van der Waals surface area (Å²) in [7, 11) is 0. The molecule has 6 heteroatoms. The minimum absolute atomic E-state index is 0.0782. The highest BCUT2D eigenvalue weighted by molar-refractivity contribution is 5.85. The zero-order chi connectivity index (χ0) is 12.0. The molecule has 0 radical (unpaired) electrons. The molecule has 0 saturated carbocycles. The van der Waals surface area contributed by atoms with Crippen molar-refractivity contribution < 1.29 is 19.4 Å². The molecule has 1 fully saturated rings. The minimum Gasteiger partial charge on any atom is -0.480 e. The SMILES string of the molecule is CCCNCC(=O)N1CCOCC1C(=O)O. The Kier molecular flexibility index (Phi) is 5.21. The Labute approximate surface area is 94.6 Å². The van der Waals surface area contributed by atoms with Gasteiger partial charge in [0.15, 0.2) is 6.04 Å². The first-order valence-corrected chi connectivity index (χ1v) is 5.47. The summed E-state index contributed by atoms with van der Waals surface area (Å²) in [5.74, 6) is -1.19. The molecule has 1 saturated heterocycles. The molecule has 1 aliphatic heterocycles. The lowest BCUT2D eigenvalue weighted by atomic mass is 10.2. The van der Waals surface area contributed by atoms with E-state index in [1.54, 1.807) is 0 Å². The van der Waals surface area contributed by atoms with Crippen LogP contribution in [0.1, 0.15) is 13.3 Å². The molecule has 0 spiro atoms. The summed E-state index contributed by atoms with van der Waals surface area (Å²) in [5, 5.41) is 11.9. The van der Waals surface area contributed by atoms with Gasteiger partial charge < -0.3 is 20.1 Å². The maximum atomic E-state index is 11.7. The van der Waals surface area contributed by atoms with E-state index < -0.39 is 12.0 Å². The number of carboxylic acid groups (broad SMARTS) is 1. The predicted octanol–water partition coefficient (Wildman–Crippen LogP) is -0.702. The third-order valence-corrected chi connectivity index (χ3v) is 2.44. The van der Waals surface area contributed by atoms with E-state index in [-0.39, 0.29) is 19.1 Å². The van der Waals surface area contributed by atoms with Gasteiger partial charge in [0.1, 0.15) is 0 Å². The Balaban J connectivity index is 2.47. The lowest BCUT2D eigenvalue weighted by Crippen LogP contribution is -2.54. The van der Waals surface area contributed by atoms with Gasteiger partial charge in [-0.2, -0.15) is 0 Å². The molecular formula is C10H18N2O4. The third kappa shape index (κ3) is 3.46. The smallest absolute Gasteiger partial charge is 0.328 e. The van der Waals surface area contributed by atoms with Crippen LogP contribution in [0.15, 0.2) is 0 Å². The first-order chi connectivity index (χ1) is 7.66. The predicted molar refractivity (Wildman–Crippen MR) is 57.1 cm³/mol. The van der Waals surface area contributed by atoms with Gasteiger partial charge in [0, 0.05) is 6.54 Å². The monoisotopic (exact) mass is 230 g/mol. The quantitative estimate of drug-likeness (QED) is 0.610. The Bertz CT molecular complexity index is 257. The van der Waals surface area contributed by atoms with Crippen molar-refractivity contribution in [2.75, 3.05) is 32.8 Å². The summed E-state index contributed by atoms with van der Waals surface area (Å²) in [5.41, 5.74) is 0. The maximum Gasteiger partial charge on any atom is 0.328 e. The molecule has 1 amide bonds. The van der Waals surface area contributed by atoms with Crippen LogP contribution >= 0.6 is 0 Å². The number of rotatable bonds is 5. The topological polar surface area (TPSA) is 78.9 Å². The van der Waals surface area contributed by atoms with Gasteiger partial charge in [-0.15, -0.1) is 0 Å². The highest BCUT2D eigenvalue weighted by atomic mass is 16.5. The zero-order valence-electron chi connectivity index (χ0n) is 9.44. The molecule has 1 heterocycles. The van der Waals surface area contributed by atoms with Gasteiger partial charge in [-0.3, -0.25) is 4.79 Å². The highest BCUT2D eigenvalue weighted by Crippen LogP contribution is 2.07. The number of hydrogen-bond donors (Lipinski definition) is 2. The molecule has 0 aromatic rings. The fourth-order valence-electron chi connectivity index (χ4n) is 1.58. The van der Waals surface area contributed by atoms with Crippen molar-refractivity contribution in [1.82, 2.24) is 10.2 Å². The molecule has 1 atom stereocenters. The van der Waals surface area contributed by atoms with Gasteiger partial charge in [0.05, 0.1) is 19.8 Å². The average Bonchev–Trinajstić information content (AvgIpc) is 2.29. The van der Waals surface area contributed by atoms with Crippen LogP contribution in [0.25, 0.3) is 0 Å². The van der Waals surface area contributed by atoms with Crippen molar-refractivity contribution in [1.29, 1.82) is 0 Å². The molecule has 1 rings (SSSR count). The Morgan fingerprint density at radius 3 is 2.94 bits per heavy atom. The summed E-state index contributed by atoms with van der Waals surface area (Å²) < 4.78 is 5.05. The first kappa shape index (κ1) is 12.9. The molecule has 1 unspecified atom stereocenters. The maximum absolute atomic E-state index is 11.7. The molecular weight excluding hydrogens is 212 g/mol. The van der Waals surface area contributed by atoms with Crippen molar-refractivity contribution in [2.45, 2.75) is 19.4 Å². The Hall–Kier alpha value is -1.14. The summed E-state index contributed by atoms with van der Waals surface area (Å²) in [4.78, 5) is 24.0. The van der Waals surface area contributed by atoms with E-state index in [1.807, 2.05) is 6.92 Å². The van der Waals surface area contributed by atoms with Crippen molar-refractivity contribution in [2.24, 2.45) is 0 Å². The molecule has 6 nitrogen and oxygen atoms in total. The van der Waals surface area contributed by atoms with Gasteiger partial charge in [0.25, 0.3) is 0 Å². The molecule has 0 aromatic carbocycles. The fraction of sp³-hybridized carbons (Fsp3) is 0.800. The molecule has 16 heavy (non-hydrogen) atoms. The summed E-state index contributed by atoms with van der Waals surface area (Å²) in [6.45, 7) is 3.79. The van der Waals surface area contributed by atoms with Crippen LogP contribution in [-0.4, -0.2) is 60.8 Å². The zero-order valence-corrected chi connectivity index (χ0v) is 9.44. The number of ether oxygens (including phenoxy) is 1. The lowest BCUT2D eigenvalue weighted by molar-refractivity contribution is -0.157. The minimum atomic E-state index is -1.01. The fourth-order valence-corrected chi connectivity index (χ4v) is 1.58. The number of carbonyl (C=O) groups is 2. The third-order valence-electron chi connectivity index (χ3n) is 2.44. The van der Waals surface area contributed by atoms with Crippen LogP contribution in [0.3, 0.4) is 0 Å². The van der Waals surface area contributed by atoms with E-state index in [4.69, 9.17) is 9.84 Å². The molecule has 92 valence electrons. The van der Waals surface area contributed by atoms with Gasteiger partial charge in [-0.05, 0) is 13.0 Å². The van der Waals surface area contributed by atoms with E-state index >= 15 is 0 Å². The molecule has 0 aromatic heterocycles. The second kappa shape index (κ2) is 6.44. The van der Waals surface area contributed by atoms with Gasteiger partial charge in [-0.25, -0.2) is 4.79 Å². The van der Waals surface area contributed by atoms with Gasteiger partial charge in [-0.1, -0.05) is 6.92 Å². The van der Waals surface area contributed by atoms with Crippen LogP contribution in [0.2, 0.25) is 0 Å². The Morgan fingerprint density at radius 1 is 1.56 bits per heavy atom. The van der Waals surface area contributed by atoms with Crippen LogP contribution in [0, 0.1) is 0 Å². The Morgan fingerprint density at radius 2 is 2.31 bits per heavy atom. The van der Waals surface area contributed by atoms with E-state index in [9.17, 15) is 9.59 Å². The number of nitrogens with zero attached hydrogens (tertiary/aromatic N) is 1. The van der Waals surface area contributed by atoms with Gasteiger partial charge in [0.2, 0.25) is 5.91 Å². The van der Waals surface area contributed by atoms with Crippen LogP contribution < -0.4 is 5.32 Å². The summed E-state index contributed by atoms with van der Waals surface area (Å²) >= 11 is 0. The van der Waals surface area contributed by atoms with Crippen molar-refractivity contribution in [3.8, 4) is 0 Å². The van der Waals surface area contributed by atoms with E-state index in [0.717, 1.165) is 13.0 Å². The van der Waals surface area contributed by atoms with E-state index in [2.05, 4.69) is 5.32 Å². The normalized spacial score (nSPS) is 20.8. The van der Waals surface area contributed by atoms with Crippen LogP contribution in [-0.2, 0) is 14.3 Å². The number of aliphatic carboxylic acids is 1. The second-order valence-electron chi connectivity index (χ2n) is 3.69. The first-order valence-electron chi connectivity index (χ1n) is 5.47. The number of amides is 1. The van der Waals surface area contributed by atoms with Crippen molar-refractivity contribution in [3.63, 3.8) is 0 Å². The molecule has 2 N–H and O–H groups in total. The van der Waals surface area contributed by atoms with Gasteiger partial charge >= 0.3 is 5.97 Å². The van der Waals surface area contributed by atoms with Crippen LogP contribution in [0.4, 0.5) is 0 Å². The second-order valence-corrected chi connectivity index (χ2v) is 3.69. The summed E-state index contributed by atoms with van der Waals surface area (Å²) in [6, 6.07) is -0.843. The number of hydrogen-bond acceptors (Lipinski definition) is 4. The number of carbonyl (C=O) groups excluding carboxylic acids is 1. The average molecular weight is 230 g/mol. The standard InChI is InChI=1S/C10H18N2O4/c1-2-3-11-6-9(13)12-4-5-16-7-8(12)10(14)15/h8,11H,2-7H2,1H3,(H,14,15). The number of nitrogens with one attached hydrogen (secondary N) is 1. The molecule has 0 aliphatic carbocycles. The number of carboxylic acids is 1. The van der Waals surface area contributed by atoms with Crippen LogP contribution in [0.5, 0.6) is 0 Å². The van der Waals surface area contributed by atoms with Crippen molar-refractivity contribution in [3.05, 3.63) is 0 Å². The number of morpholine rings is 1. The van der Waals surface area contributed by atoms with E-state index in [1.165, 1.54) is 4.90 Å².